The van der Waals surface area contributed by atoms with E-state index < -0.39 is 0 Å². The molecule has 5 aromatic carbocycles. The Labute approximate surface area is 217 Å². The van der Waals surface area contributed by atoms with E-state index in [1.165, 1.54) is 88.1 Å². The van der Waals surface area contributed by atoms with Gasteiger partial charge in [0.25, 0.3) is 0 Å². The van der Waals surface area contributed by atoms with Gasteiger partial charge in [0.2, 0.25) is 0 Å². The summed E-state index contributed by atoms with van der Waals surface area (Å²) in [4.78, 5) is 3.68. The van der Waals surface area contributed by atoms with Crippen LogP contribution >= 0.6 is 0 Å². The van der Waals surface area contributed by atoms with E-state index in [1.807, 2.05) is 0 Å². The highest BCUT2D eigenvalue weighted by molar-refractivity contribution is 6.10. The number of nitrogens with zero attached hydrogens (tertiary/aromatic N) is 1. The Morgan fingerprint density at radius 2 is 1.16 bits per heavy atom. The fourth-order valence-electron chi connectivity index (χ4n) is 6.16. The second-order valence-electron chi connectivity index (χ2n) is 10.8. The molecule has 2 nitrogen and oxygen atoms in total. The Bertz CT molecular complexity index is 2030. The summed E-state index contributed by atoms with van der Waals surface area (Å²) in [5, 5.41) is 5.23. The van der Waals surface area contributed by atoms with Crippen molar-refractivity contribution in [2.45, 2.75) is 27.7 Å². The Morgan fingerprint density at radius 3 is 1.95 bits per heavy atom. The lowest BCUT2D eigenvalue weighted by Gasteiger charge is -2.10. The maximum absolute atomic E-state index is 3.68. The Kier molecular flexibility index (Phi) is 4.65. The first-order chi connectivity index (χ1) is 17.9. The van der Waals surface area contributed by atoms with Crippen LogP contribution in [0, 0.1) is 27.7 Å². The zero-order valence-corrected chi connectivity index (χ0v) is 22.0. The molecule has 0 aliphatic carbocycles. The standard InChI is InChI=1S/C35H30N2/c1-20-6-11-33-30(15-20)29-10-8-25(19-34(29)37(33)5)27-14-22(3)13-26(17-27)24-7-9-28-31-16-21(2)12-23(4)35(31)36-32(28)18-24/h6-19,36H,1-5H3. The molecule has 180 valence electrons. The van der Waals surface area contributed by atoms with Crippen molar-refractivity contribution in [1.29, 1.82) is 0 Å². The summed E-state index contributed by atoms with van der Waals surface area (Å²) >= 11 is 0. The smallest absolute Gasteiger partial charge is 0.0494 e. The van der Waals surface area contributed by atoms with Crippen LogP contribution < -0.4 is 0 Å². The molecule has 2 heteroatoms. The van der Waals surface area contributed by atoms with Gasteiger partial charge in [-0.05, 0) is 97.5 Å². The van der Waals surface area contributed by atoms with Crippen molar-refractivity contribution in [3.63, 3.8) is 0 Å². The minimum atomic E-state index is 1.19. The number of hydrogen-bond donors (Lipinski definition) is 1. The van der Waals surface area contributed by atoms with Crippen molar-refractivity contribution in [1.82, 2.24) is 9.55 Å². The Morgan fingerprint density at radius 1 is 0.486 bits per heavy atom. The number of rotatable bonds is 2. The molecule has 37 heavy (non-hydrogen) atoms. The average molecular weight is 479 g/mol. The predicted octanol–water partition coefficient (Wildman–Crippen LogP) is 9.53. The molecule has 2 aromatic heterocycles. The third-order valence-electron chi connectivity index (χ3n) is 7.96. The van der Waals surface area contributed by atoms with E-state index in [9.17, 15) is 0 Å². The van der Waals surface area contributed by atoms with Gasteiger partial charge in [0.15, 0.2) is 0 Å². The van der Waals surface area contributed by atoms with Crippen LogP contribution in [0.4, 0.5) is 0 Å². The molecule has 2 heterocycles. The van der Waals surface area contributed by atoms with Crippen LogP contribution in [0.1, 0.15) is 22.3 Å². The molecule has 0 aliphatic heterocycles. The molecule has 0 unspecified atom stereocenters. The first kappa shape index (κ1) is 21.9. The van der Waals surface area contributed by atoms with Gasteiger partial charge in [0, 0.05) is 50.7 Å². The van der Waals surface area contributed by atoms with E-state index in [0.717, 1.165) is 0 Å². The molecule has 7 rings (SSSR count). The molecular weight excluding hydrogens is 448 g/mol. The van der Waals surface area contributed by atoms with Gasteiger partial charge in [-0.25, -0.2) is 0 Å². The van der Waals surface area contributed by atoms with Crippen LogP contribution in [0.15, 0.2) is 84.9 Å². The minimum absolute atomic E-state index is 1.19. The molecule has 7 aromatic rings. The zero-order chi connectivity index (χ0) is 25.4. The number of H-pyrrole nitrogens is 1. The van der Waals surface area contributed by atoms with Crippen LogP contribution in [0.3, 0.4) is 0 Å². The van der Waals surface area contributed by atoms with E-state index in [1.54, 1.807) is 0 Å². The molecule has 0 saturated heterocycles. The molecule has 1 N–H and O–H groups in total. The highest BCUT2D eigenvalue weighted by Gasteiger charge is 2.12. The quantitative estimate of drug-likeness (QED) is 0.255. The van der Waals surface area contributed by atoms with E-state index in [-0.39, 0.29) is 0 Å². The van der Waals surface area contributed by atoms with Crippen LogP contribution in [0.2, 0.25) is 0 Å². The molecule has 0 atom stereocenters. The minimum Gasteiger partial charge on any atom is -0.354 e. The monoisotopic (exact) mass is 478 g/mol. The first-order valence-electron chi connectivity index (χ1n) is 13.0. The van der Waals surface area contributed by atoms with E-state index in [4.69, 9.17) is 0 Å². The largest absolute Gasteiger partial charge is 0.354 e. The van der Waals surface area contributed by atoms with Crippen molar-refractivity contribution in [2.24, 2.45) is 7.05 Å². The number of benzene rings is 5. The number of aromatic nitrogens is 2. The molecule has 0 saturated carbocycles. The molecule has 0 amide bonds. The molecule has 0 bridgehead atoms. The van der Waals surface area contributed by atoms with Crippen molar-refractivity contribution in [2.75, 3.05) is 0 Å². The normalized spacial score (nSPS) is 11.9. The van der Waals surface area contributed by atoms with Crippen LogP contribution in [-0.4, -0.2) is 9.55 Å². The highest BCUT2D eigenvalue weighted by atomic mass is 14.9. The van der Waals surface area contributed by atoms with Crippen LogP contribution in [-0.2, 0) is 7.05 Å². The number of fused-ring (bicyclic) bond motifs is 6. The third-order valence-corrected chi connectivity index (χ3v) is 7.96. The maximum Gasteiger partial charge on any atom is 0.0494 e. The molecule has 0 spiro atoms. The second-order valence-corrected chi connectivity index (χ2v) is 10.8. The zero-order valence-electron chi connectivity index (χ0n) is 22.0. The third kappa shape index (κ3) is 3.40. The predicted molar refractivity (Wildman–Crippen MR) is 160 cm³/mol. The summed E-state index contributed by atoms with van der Waals surface area (Å²) in [6.07, 6.45) is 0. The van der Waals surface area contributed by atoms with Crippen molar-refractivity contribution < 1.29 is 0 Å². The lowest BCUT2D eigenvalue weighted by atomic mass is 9.95. The lowest BCUT2D eigenvalue weighted by molar-refractivity contribution is 1.01. The van der Waals surface area contributed by atoms with Crippen molar-refractivity contribution in [3.05, 3.63) is 107 Å². The van der Waals surface area contributed by atoms with E-state index in [2.05, 4.69) is 129 Å². The van der Waals surface area contributed by atoms with Crippen LogP contribution in [0.25, 0.3) is 65.9 Å². The number of hydrogen-bond acceptors (Lipinski definition) is 0. The topological polar surface area (TPSA) is 20.7 Å². The Hall–Kier alpha value is -4.30. The number of nitrogens with one attached hydrogen (secondary N) is 1. The fraction of sp³-hybridized carbons (Fsp3) is 0.143. The van der Waals surface area contributed by atoms with Gasteiger partial charge in [-0.15, -0.1) is 0 Å². The summed E-state index contributed by atoms with van der Waals surface area (Å²) in [5.41, 5.74) is 15.1. The molecule has 0 radical (unpaired) electrons. The van der Waals surface area contributed by atoms with E-state index in [0.29, 0.717) is 0 Å². The number of aryl methyl sites for hydroxylation is 5. The molecular formula is C35H30N2. The summed E-state index contributed by atoms with van der Waals surface area (Å²) in [5.74, 6) is 0. The summed E-state index contributed by atoms with van der Waals surface area (Å²) in [7, 11) is 2.17. The van der Waals surface area contributed by atoms with Gasteiger partial charge >= 0.3 is 0 Å². The highest BCUT2D eigenvalue weighted by Crippen LogP contribution is 2.36. The van der Waals surface area contributed by atoms with Gasteiger partial charge < -0.3 is 9.55 Å². The van der Waals surface area contributed by atoms with Gasteiger partial charge in [0.1, 0.15) is 0 Å². The van der Waals surface area contributed by atoms with Crippen LogP contribution in [0.5, 0.6) is 0 Å². The molecule has 0 fully saturated rings. The summed E-state index contributed by atoms with van der Waals surface area (Å²) in [6, 6.07) is 31.9. The summed E-state index contributed by atoms with van der Waals surface area (Å²) in [6.45, 7) is 8.71. The van der Waals surface area contributed by atoms with Gasteiger partial charge in [-0.2, -0.15) is 0 Å². The van der Waals surface area contributed by atoms with E-state index >= 15 is 0 Å². The first-order valence-corrected chi connectivity index (χ1v) is 13.0. The number of aromatic amines is 1. The van der Waals surface area contributed by atoms with Gasteiger partial charge in [-0.1, -0.05) is 59.7 Å². The van der Waals surface area contributed by atoms with Crippen molar-refractivity contribution in [3.8, 4) is 22.3 Å². The Balaban J connectivity index is 1.37. The SMILES string of the molecule is Cc1cc(-c2ccc3c(c2)[nH]c2c(C)cc(C)cc23)cc(-c2ccc3c4cc(C)ccc4n(C)c3c2)c1. The summed E-state index contributed by atoms with van der Waals surface area (Å²) < 4.78 is 2.32. The fourth-order valence-corrected chi connectivity index (χ4v) is 6.16. The van der Waals surface area contributed by atoms with Gasteiger partial charge in [-0.3, -0.25) is 0 Å². The van der Waals surface area contributed by atoms with Crippen molar-refractivity contribution >= 4 is 43.6 Å². The second kappa shape index (κ2) is 7.85. The average Bonchev–Trinajstić information content (AvgIpc) is 3.38. The maximum atomic E-state index is 3.68. The van der Waals surface area contributed by atoms with Gasteiger partial charge in [0.05, 0.1) is 0 Å². The lowest BCUT2D eigenvalue weighted by Crippen LogP contribution is -1.88. The molecule has 0 aliphatic rings.